The number of amides is 1. The molecule has 0 atom stereocenters. The highest BCUT2D eigenvalue weighted by molar-refractivity contribution is 6.17. The monoisotopic (exact) mass is 233 g/mol. The SMILES string of the molecule is O=C(CCCCl)NCC1(CO)CCCC1. The van der Waals surface area contributed by atoms with Crippen LogP contribution in [-0.2, 0) is 4.79 Å². The van der Waals surface area contributed by atoms with Crippen molar-refractivity contribution >= 4 is 17.5 Å². The lowest BCUT2D eigenvalue weighted by Gasteiger charge is -2.26. The quantitative estimate of drug-likeness (QED) is 0.686. The van der Waals surface area contributed by atoms with E-state index in [4.69, 9.17) is 11.6 Å². The molecule has 1 rings (SSSR count). The zero-order chi connectivity index (χ0) is 11.1. The minimum Gasteiger partial charge on any atom is -0.396 e. The molecule has 0 saturated heterocycles. The summed E-state index contributed by atoms with van der Waals surface area (Å²) in [5.41, 5.74) is -0.0450. The van der Waals surface area contributed by atoms with E-state index in [9.17, 15) is 9.90 Å². The van der Waals surface area contributed by atoms with Crippen LogP contribution in [0.4, 0.5) is 0 Å². The number of hydrogen-bond acceptors (Lipinski definition) is 2. The fourth-order valence-corrected chi connectivity index (χ4v) is 2.25. The number of aliphatic hydroxyl groups is 1. The lowest BCUT2D eigenvalue weighted by Crippen LogP contribution is -2.38. The van der Waals surface area contributed by atoms with Gasteiger partial charge in [-0.2, -0.15) is 0 Å². The van der Waals surface area contributed by atoms with Gasteiger partial charge in [0.25, 0.3) is 0 Å². The molecule has 0 aromatic rings. The Balaban J connectivity index is 2.25. The molecule has 1 aliphatic rings. The molecule has 0 aromatic heterocycles. The Morgan fingerprint density at radius 3 is 2.60 bits per heavy atom. The summed E-state index contributed by atoms with van der Waals surface area (Å²) in [4.78, 5) is 11.4. The van der Waals surface area contributed by atoms with Gasteiger partial charge in [0, 0.05) is 24.3 Å². The molecule has 0 unspecified atom stereocenters. The van der Waals surface area contributed by atoms with Crippen molar-refractivity contribution < 1.29 is 9.90 Å². The average molecular weight is 234 g/mol. The molecule has 0 radical (unpaired) electrons. The predicted octanol–water partition coefficient (Wildman–Crippen LogP) is 1.67. The van der Waals surface area contributed by atoms with Gasteiger partial charge in [-0.1, -0.05) is 12.8 Å². The Labute approximate surface area is 96.2 Å². The standard InChI is InChI=1S/C11H20ClNO2/c12-7-3-4-10(15)13-8-11(9-14)5-1-2-6-11/h14H,1-9H2,(H,13,15). The summed E-state index contributed by atoms with van der Waals surface area (Å²) in [6.07, 6.45) is 5.60. The molecule has 0 aromatic carbocycles. The van der Waals surface area contributed by atoms with Gasteiger partial charge >= 0.3 is 0 Å². The van der Waals surface area contributed by atoms with Crippen molar-refractivity contribution in [3.8, 4) is 0 Å². The summed E-state index contributed by atoms with van der Waals surface area (Å²) in [5, 5.41) is 12.2. The number of aliphatic hydroxyl groups excluding tert-OH is 1. The van der Waals surface area contributed by atoms with Gasteiger partial charge in [0.2, 0.25) is 5.91 Å². The summed E-state index contributed by atoms with van der Waals surface area (Å²) in [5.74, 6) is 0.578. The van der Waals surface area contributed by atoms with E-state index in [0.29, 0.717) is 18.8 Å². The van der Waals surface area contributed by atoms with Gasteiger partial charge in [-0.05, 0) is 19.3 Å². The van der Waals surface area contributed by atoms with E-state index in [1.54, 1.807) is 0 Å². The maximum atomic E-state index is 11.4. The third-order valence-electron chi connectivity index (χ3n) is 3.20. The molecular weight excluding hydrogens is 214 g/mol. The number of carbonyl (C=O) groups is 1. The van der Waals surface area contributed by atoms with Crippen LogP contribution in [-0.4, -0.2) is 30.0 Å². The van der Waals surface area contributed by atoms with Crippen molar-refractivity contribution in [1.82, 2.24) is 5.32 Å². The van der Waals surface area contributed by atoms with Crippen LogP contribution < -0.4 is 5.32 Å². The van der Waals surface area contributed by atoms with E-state index in [1.807, 2.05) is 0 Å². The van der Waals surface area contributed by atoms with Gasteiger partial charge in [-0.3, -0.25) is 4.79 Å². The second kappa shape index (κ2) is 6.33. The molecule has 1 saturated carbocycles. The van der Waals surface area contributed by atoms with Gasteiger partial charge in [0.15, 0.2) is 0 Å². The molecular formula is C11H20ClNO2. The van der Waals surface area contributed by atoms with Crippen LogP contribution in [0.1, 0.15) is 38.5 Å². The maximum Gasteiger partial charge on any atom is 0.220 e. The van der Waals surface area contributed by atoms with E-state index in [1.165, 1.54) is 0 Å². The second-order valence-corrected chi connectivity index (χ2v) is 4.81. The van der Waals surface area contributed by atoms with Crippen molar-refractivity contribution in [3.63, 3.8) is 0 Å². The summed E-state index contributed by atoms with van der Waals surface area (Å²) in [7, 11) is 0. The Kier molecular flexibility index (Phi) is 5.40. The highest BCUT2D eigenvalue weighted by Crippen LogP contribution is 2.36. The molecule has 0 aliphatic heterocycles. The Morgan fingerprint density at radius 2 is 2.07 bits per heavy atom. The van der Waals surface area contributed by atoms with E-state index < -0.39 is 0 Å². The number of halogens is 1. The molecule has 1 aliphatic carbocycles. The van der Waals surface area contributed by atoms with Crippen LogP contribution in [0.15, 0.2) is 0 Å². The van der Waals surface area contributed by atoms with Crippen molar-refractivity contribution in [2.45, 2.75) is 38.5 Å². The molecule has 1 fully saturated rings. The van der Waals surface area contributed by atoms with Crippen molar-refractivity contribution in [2.75, 3.05) is 19.0 Å². The third-order valence-corrected chi connectivity index (χ3v) is 3.46. The number of carbonyl (C=O) groups excluding carboxylic acids is 1. The first-order valence-corrected chi connectivity index (χ1v) is 6.19. The van der Waals surface area contributed by atoms with E-state index in [2.05, 4.69) is 5.32 Å². The summed E-state index contributed by atoms with van der Waals surface area (Å²) in [6.45, 7) is 0.799. The minimum absolute atomic E-state index is 0.0450. The zero-order valence-electron chi connectivity index (χ0n) is 9.10. The van der Waals surface area contributed by atoms with Crippen LogP contribution in [0.2, 0.25) is 0 Å². The van der Waals surface area contributed by atoms with E-state index >= 15 is 0 Å². The topological polar surface area (TPSA) is 49.3 Å². The normalized spacial score (nSPS) is 19.1. The van der Waals surface area contributed by atoms with Crippen LogP contribution >= 0.6 is 11.6 Å². The first kappa shape index (κ1) is 12.8. The number of rotatable bonds is 6. The molecule has 88 valence electrons. The Hall–Kier alpha value is -0.280. The third kappa shape index (κ3) is 3.99. The largest absolute Gasteiger partial charge is 0.396 e. The van der Waals surface area contributed by atoms with E-state index in [-0.39, 0.29) is 17.9 Å². The van der Waals surface area contributed by atoms with Crippen molar-refractivity contribution in [3.05, 3.63) is 0 Å². The highest BCUT2D eigenvalue weighted by Gasteiger charge is 2.33. The van der Waals surface area contributed by atoms with E-state index in [0.717, 1.165) is 32.1 Å². The molecule has 4 heteroatoms. The predicted molar refractivity (Wildman–Crippen MR) is 61.0 cm³/mol. The minimum atomic E-state index is -0.0450. The molecule has 3 nitrogen and oxygen atoms in total. The molecule has 0 heterocycles. The van der Waals surface area contributed by atoms with Gasteiger partial charge in [0.1, 0.15) is 0 Å². The highest BCUT2D eigenvalue weighted by atomic mass is 35.5. The van der Waals surface area contributed by atoms with Gasteiger partial charge in [-0.25, -0.2) is 0 Å². The number of hydrogen-bond donors (Lipinski definition) is 2. The van der Waals surface area contributed by atoms with Crippen LogP contribution in [0.25, 0.3) is 0 Å². The van der Waals surface area contributed by atoms with Gasteiger partial charge < -0.3 is 10.4 Å². The van der Waals surface area contributed by atoms with Crippen molar-refractivity contribution in [2.24, 2.45) is 5.41 Å². The zero-order valence-corrected chi connectivity index (χ0v) is 9.85. The summed E-state index contributed by atoms with van der Waals surface area (Å²) >= 11 is 5.51. The maximum absolute atomic E-state index is 11.4. The Morgan fingerprint density at radius 1 is 1.40 bits per heavy atom. The second-order valence-electron chi connectivity index (χ2n) is 4.43. The first-order valence-electron chi connectivity index (χ1n) is 5.66. The lowest BCUT2D eigenvalue weighted by atomic mass is 9.87. The summed E-state index contributed by atoms with van der Waals surface area (Å²) < 4.78 is 0. The van der Waals surface area contributed by atoms with Crippen LogP contribution in [0, 0.1) is 5.41 Å². The molecule has 0 spiro atoms. The molecule has 0 bridgehead atoms. The Bertz CT molecular complexity index is 203. The fraction of sp³-hybridized carbons (Fsp3) is 0.909. The average Bonchev–Trinajstić information content (AvgIpc) is 2.73. The lowest BCUT2D eigenvalue weighted by molar-refractivity contribution is -0.121. The van der Waals surface area contributed by atoms with Crippen LogP contribution in [0.5, 0.6) is 0 Å². The number of alkyl halides is 1. The molecule has 1 amide bonds. The van der Waals surface area contributed by atoms with Crippen molar-refractivity contribution in [1.29, 1.82) is 0 Å². The molecule has 15 heavy (non-hydrogen) atoms. The van der Waals surface area contributed by atoms with Gasteiger partial charge in [0.05, 0.1) is 6.61 Å². The van der Waals surface area contributed by atoms with Gasteiger partial charge in [-0.15, -0.1) is 11.6 Å². The fourth-order valence-electron chi connectivity index (χ4n) is 2.12. The summed E-state index contributed by atoms with van der Waals surface area (Å²) in [6, 6.07) is 0. The number of nitrogens with one attached hydrogen (secondary N) is 1. The van der Waals surface area contributed by atoms with Crippen LogP contribution in [0.3, 0.4) is 0 Å². The smallest absolute Gasteiger partial charge is 0.220 e. The molecule has 2 N–H and O–H groups in total. The first-order chi connectivity index (χ1) is 7.22.